The van der Waals surface area contributed by atoms with Crippen LogP contribution in [0.5, 0.6) is 0 Å². The zero-order valence-corrected chi connectivity index (χ0v) is 13.5. The largest absolute Gasteiger partial charge is 0.467 e. The second-order valence-corrected chi connectivity index (χ2v) is 5.39. The fourth-order valence-corrected chi connectivity index (χ4v) is 2.25. The zero-order chi connectivity index (χ0) is 16.8. The third-order valence-corrected chi connectivity index (χ3v) is 3.50. The Kier molecular flexibility index (Phi) is 5.05. The molecule has 3 heterocycles. The number of carbonyl (C=O) groups excluding carboxylic acids is 1. The van der Waals surface area contributed by atoms with Crippen LogP contribution in [0.1, 0.15) is 31.4 Å². The zero-order valence-electron chi connectivity index (χ0n) is 13.5. The summed E-state index contributed by atoms with van der Waals surface area (Å²) in [4.78, 5) is 11.7. The summed E-state index contributed by atoms with van der Waals surface area (Å²) in [6.45, 7) is 3.26. The van der Waals surface area contributed by atoms with Crippen LogP contribution in [-0.4, -0.2) is 32.3 Å². The predicted molar refractivity (Wildman–Crippen MR) is 88.4 cm³/mol. The molecule has 126 valence electrons. The molecule has 0 unspecified atom stereocenters. The molecule has 3 aromatic heterocycles. The van der Waals surface area contributed by atoms with E-state index >= 15 is 0 Å². The van der Waals surface area contributed by atoms with E-state index < -0.39 is 0 Å². The van der Waals surface area contributed by atoms with Crippen molar-refractivity contribution in [3.63, 3.8) is 0 Å². The van der Waals surface area contributed by atoms with E-state index in [0.29, 0.717) is 43.2 Å². The normalized spacial score (nSPS) is 10.9. The molecule has 8 nitrogen and oxygen atoms in total. The number of hydrogen-bond acceptors (Lipinski definition) is 6. The fourth-order valence-electron chi connectivity index (χ4n) is 2.25. The highest BCUT2D eigenvalue weighted by Crippen LogP contribution is 2.10. The van der Waals surface area contributed by atoms with E-state index in [4.69, 9.17) is 4.42 Å². The average Bonchev–Trinajstić information content (AvgIpc) is 3.25. The number of aryl methyl sites for hydroxylation is 1. The minimum Gasteiger partial charge on any atom is -0.467 e. The number of furan rings is 1. The van der Waals surface area contributed by atoms with E-state index in [1.807, 2.05) is 31.2 Å². The number of rotatable bonds is 8. The van der Waals surface area contributed by atoms with Gasteiger partial charge in [0, 0.05) is 19.4 Å². The number of hydrogen-bond donors (Lipinski definition) is 2. The van der Waals surface area contributed by atoms with Crippen LogP contribution >= 0.6 is 0 Å². The van der Waals surface area contributed by atoms with Gasteiger partial charge in [-0.15, -0.1) is 15.3 Å². The van der Waals surface area contributed by atoms with Crippen molar-refractivity contribution < 1.29 is 9.21 Å². The Morgan fingerprint density at radius 3 is 3.00 bits per heavy atom. The Morgan fingerprint density at radius 1 is 1.29 bits per heavy atom. The molecule has 0 aliphatic rings. The number of aromatic nitrogens is 4. The van der Waals surface area contributed by atoms with E-state index in [-0.39, 0.29) is 5.91 Å². The summed E-state index contributed by atoms with van der Waals surface area (Å²) in [6, 6.07) is 7.41. The molecule has 24 heavy (non-hydrogen) atoms. The monoisotopic (exact) mass is 328 g/mol. The second kappa shape index (κ2) is 7.58. The number of carbonyl (C=O) groups is 1. The molecule has 8 heteroatoms. The van der Waals surface area contributed by atoms with E-state index in [0.717, 1.165) is 12.2 Å². The van der Waals surface area contributed by atoms with E-state index in [1.54, 1.807) is 10.8 Å². The highest BCUT2D eigenvalue weighted by Gasteiger charge is 2.10. The number of nitrogens with zero attached hydrogens (tertiary/aromatic N) is 4. The number of anilines is 1. The number of nitrogens with one attached hydrogen (secondary N) is 2. The van der Waals surface area contributed by atoms with Crippen LogP contribution in [0.4, 0.5) is 5.82 Å². The molecule has 0 aliphatic carbocycles. The van der Waals surface area contributed by atoms with Crippen molar-refractivity contribution in [1.29, 1.82) is 0 Å². The van der Waals surface area contributed by atoms with Gasteiger partial charge in [0.15, 0.2) is 11.5 Å². The molecule has 0 atom stereocenters. The Balaban J connectivity index is 1.65. The van der Waals surface area contributed by atoms with Crippen LogP contribution in [0.15, 0.2) is 34.9 Å². The summed E-state index contributed by atoms with van der Waals surface area (Å²) in [5.41, 5.74) is 0.655. The SMILES string of the molecule is CCCNC(=O)CCc1nnc2ccc(NCc3ccco3)nn12. The molecule has 2 N–H and O–H groups in total. The highest BCUT2D eigenvalue weighted by atomic mass is 16.3. The Hall–Kier alpha value is -2.90. The van der Waals surface area contributed by atoms with Gasteiger partial charge in [0.2, 0.25) is 5.91 Å². The van der Waals surface area contributed by atoms with Crippen LogP contribution in [0, 0.1) is 0 Å². The van der Waals surface area contributed by atoms with Gasteiger partial charge in [-0.25, -0.2) is 0 Å². The van der Waals surface area contributed by atoms with E-state index in [1.165, 1.54) is 0 Å². The maximum absolute atomic E-state index is 11.7. The van der Waals surface area contributed by atoms with Gasteiger partial charge in [0.1, 0.15) is 11.6 Å². The van der Waals surface area contributed by atoms with Gasteiger partial charge in [0.05, 0.1) is 12.8 Å². The predicted octanol–water partition coefficient (Wildman–Crippen LogP) is 1.79. The van der Waals surface area contributed by atoms with Gasteiger partial charge >= 0.3 is 0 Å². The van der Waals surface area contributed by atoms with Crippen LogP contribution in [0.2, 0.25) is 0 Å². The molecule has 3 rings (SSSR count). The fraction of sp³-hybridized carbons (Fsp3) is 0.375. The van der Waals surface area contributed by atoms with Crippen LogP contribution < -0.4 is 10.6 Å². The number of amides is 1. The lowest BCUT2D eigenvalue weighted by molar-refractivity contribution is -0.121. The van der Waals surface area contributed by atoms with Gasteiger partial charge < -0.3 is 15.1 Å². The molecule has 0 radical (unpaired) electrons. The summed E-state index contributed by atoms with van der Waals surface area (Å²) in [7, 11) is 0. The summed E-state index contributed by atoms with van der Waals surface area (Å²) in [5.74, 6) is 2.20. The van der Waals surface area contributed by atoms with Crippen LogP contribution in [-0.2, 0) is 17.8 Å². The molecule has 0 fully saturated rings. The second-order valence-electron chi connectivity index (χ2n) is 5.39. The standard InChI is InChI=1S/C16H20N6O2/c1-2-9-17-16(23)8-7-15-20-19-14-6-5-13(21-22(14)15)18-11-12-4-3-10-24-12/h3-6,10H,2,7-9,11H2,1H3,(H,17,23)(H,18,21). The van der Waals surface area contributed by atoms with Crippen molar-refractivity contribution >= 4 is 17.4 Å². The van der Waals surface area contributed by atoms with Gasteiger partial charge in [0.25, 0.3) is 0 Å². The first-order valence-electron chi connectivity index (χ1n) is 8.00. The van der Waals surface area contributed by atoms with Crippen LogP contribution in [0.25, 0.3) is 5.65 Å². The molecule has 1 amide bonds. The maximum Gasteiger partial charge on any atom is 0.220 e. The molecular weight excluding hydrogens is 308 g/mol. The molecule has 0 aromatic carbocycles. The third-order valence-electron chi connectivity index (χ3n) is 3.50. The van der Waals surface area contributed by atoms with Crippen molar-refractivity contribution in [3.05, 3.63) is 42.1 Å². The van der Waals surface area contributed by atoms with E-state index in [9.17, 15) is 4.79 Å². The summed E-state index contributed by atoms with van der Waals surface area (Å²) < 4.78 is 6.95. The van der Waals surface area contributed by atoms with E-state index in [2.05, 4.69) is 25.9 Å². The van der Waals surface area contributed by atoms with Crippen molar-refractivity contribution in [2.45, 2.75) is 32.7 Å². The highest BCUT2D eigenvalue weighted by molar-refractivity contribution is 5.76. The minimum absolute atomic E-state index is 0.0145. The summed E-state index contributed by atoms with van der Waals surface area (Å²) in [5, 5.41) is 18.7. The molecule has 3 aromatic rings. The molecule has 0 aliphatic heterocycles. The summed E-state index contributed by atoms with van der Waals surface area (Å²) in [6.07, 6.45) is 3.42. The van der Waals surface area contributed by atoms with Crippen molar-refractivity contribution in [2.75, 3.05) is 11.9 Å². The van der Waals surface area contributed by atoms with Gasteiger partial charge in [-0.1, -0.05) is 6.92 Å². The smallest absolute Gasteiger partial charge is 0.220 e. The molecule has 0 spiro atoms. The molecule has 0 saturated heterocycles. The minimum atomic E-state index is 0.0145. The van der Waals surface area contributed by atoms with Crippen molar-refractivity contribution in [1.82, 2.24) is 25.1 Å². The Bertz CT molecular complexity index is 796. The van der Waals surface area contributed by atoms with Crippen LogP contribution in [0.3, 0.4) is 0 Å². The summed E-state index contributed by atoms with van der Waals surface area (Å²) >= 11 is 0. The maximum atomic E-state index is 11.7. The number of fused-ring (bicyclic) bond motifs is 1. The topological polar surface area (TPSA) is 97.3 Å². The lowest BCUT2D eigenvalue weighted by Crippen LogP contribution is -2.24. The first kappa shape index (κ1) is 16.0. The van der Waals surface area contributed by atoms with Crippen molar-refractivity contribution in [2.24, 2.45) is 0 Å². The van der Waals surface area contributed by atoms with Gasteiger partial charge in [-0.2, -0.15) is 4.52 Å². The first-order chi connectivity index (χ1) is 11.8. The quantitative estimate of drug-likeness (QED) is 0.654. The lowest BCUT2D eigenvalue weighted by atomic mass is 10.3. The van der Waals surface area contributed by atoms with Gasteiger partial charge in [-0.05, 0) is 30.7 Å². The molecule has 0 saturated carbocycles. The third kappa shape index (κ3) is 3.89. The first-order valence-corrected chi connectivity index (χ1v) is 8.00. The van der Waals surface area contributed by atoms with Crippen molar-refractivity contribution in [3.8, 4) is 0 Å². The Labute approximate surface area is 139 Å². The Morgan fingerprint density at radius 2 is 2.21 bits per heavy atom. The average molecular weight is 328 g/mol. The lowest BCUT2D eigenvalue weighted by Gasteiger charge is -2.05. The molecular formula is C16H20N6O2. The van der Waals surface area contributed by atoms with Gasteiger partial charge in [-0.3, -0.25) is 4.79 Å². The molecule has 0 bridgehead atoms.